The molecule has 0 bridgehead atoms. The SMILES string of the molecule is C[C@H]([C@](O)(Cn1cncn1)c1ccc(F)cc1F)S(C)(=O)=O. The Bertz CT molecular complexity index is 765. The lowest BCUT2D eigenvalue weighted by Gasteiger charge is -2.33. The quantitative estimate of drug-likeness (QED) is 0.879. The zero-order valence-electron chi connectivity index (χ0n) is 11.9. The molecule has 0 saturated carbocycles. The highest BCUT2D eigenvalue weighted by Crippen LogP contribution is 2.33. The lowest BCUT2D eigenvalue weighted by Crippen LogP contribution is -2.46. The molecule has 0 radical (unpaired) electrons. The molecule has 120 valence electrons. The normalized spacial score (nSPS) is 16.2. The highest BCUT2D eigenvalue weighted by molar-refractivity contribution is 7.91. The van der Waals surface area contributed by atoms with Gasteiger partial charge < -0.3 is 5.11 Å². The van der Waals surface area contributed by atoms with E-state index < -0.39 is 32.3 Å². The molecule has 1 N–H and O–H groups in total. The second kappa shape index (κ2) is 5.73. The number of benzene rings is 1. The van der Waals surface area contributed by atoms with Gasteiger partial charge >= 0.3 is 0 Å². The van der Waals surface area contributed by atoms with E-state index in [9.17, 15) is 22.3 Å². The third-order valence-electron chi connectivity index (χ3n) is 3.58. The van der Waals surface area contributed by atoms with Crippen LogP contribution in [0.1, 0.15) is 12.5 Å². The predicted octanol–water partition coefficient (Wildman–Crippen LogP) is 0.877. The van der Waals surface area contributed by atoms with Crippen molar-refractivity contribution in [2.75, 3.05) is 6.26 Å². The van der Waals surface area contributed by atoms with Crippen molar-refractivity contribution < 1.29 is 22.3 Å². The summed E-state index contributed by atoms with van der Waals surface area (Å²) >= 11 is 0. The van der Waals surface area contributed by atoms with E-state index in [2.05, 4.69) is 10.1 Å². The number of nitrogens with zero attached hydrogens (tertiary/aromatic N) is 3. The zero-order valence-corrected chi connectivity index (χ0v) is 12.8. The number of aliphatic hydroxyl groups is 1. The third-order valence-corrected chi connectivity index (χ3v) is 5.26. The molecule has 2 rings (SSSR count). The van der Waals surface area contributed by atoms with E-state index in [-0.39, 0.29) is 12.1 Å². The van der Waals surface area contributed by atoms with Crippen LogP contribution in [0.25, 0.3) is 0 Å². The summed E-state index contributed by atoms with van der Waals surface area (Å²) in [6.07, 6.45) is 3.40. The first-order valence-electron chi connectivity index (χ1n) is 6.34. The lowest BCUT2D eigenvalue weighted by molar-refractivity contribution is 0.0111. The smallest absolute Gasteiger partial charge is 0.153 e. The first-order valence-corrected chi connectivity index (χ1v) is 8.29. The Morgan fingerprint density at radius 1 is 1.41 bits per heavy atom. The fourth-order valence-electron chi connectivity index (χ4n) is 2.19. The van der Waals surface area contributed by atoms with Crippen LogP contribution >= 0.6 is 0 Å². The average molecular weight is 331 g/mol. The van der Waals surface area contributed by atoms with Gasteiger partial charge in [0.25, 0.3) is 0 Å². The van der Waals surface area contributed by atoms with Gasteiger partial charge in [-0.3, -0.25) is 0 Å². The molecule has 0 aliphatic heterocycles. The van der Waals surface area contributed by atoms with Gasteiger partial charge in [-0.05, 0) is 13.0 Å². The van der Waals surface area contributed by atoms with E-state index in [1.807, 2.05) is 0 Å². The van der Waals surface area contributed by atoms with E-state index in [1.54, 1.807) is 0 Å². The predicted molar refractivity (Wildman–Crippen MR) is 74.6 cm³/mol. The Morgan fingerprint density at radius 3 is 2.59 bits per heavy atom. The van der Waals surface area contributed by atoms with Gasteiger partial charge in [0.1, 0.15) is 29.9 Å². The monoisotopic (exact) mass is 331 g/mol. The second-order valence-electron chi connectivity index (χ2n) is 5.11. The largest absolute Gasteiger partial charge is 0.382 e. The highest BCUT2D eigenvalue weighted by Gasteiger charge is 2.44. The summed E-state index contributed by atoms with van der Waals surface area (Å²) in [4.78, 5) is 3.70. The van der Waals surface area contributed by atoms with E-state index in [0.29, 0.717) is 6.07 Å². The summed E-state index contributed by atoms with van der Waals surface area (Å²) in [5, 5.41) is 13.3. The van der Waals surface area contributed by atoms with Crippen LogP contribution in [0.2, 0.25) is 0 Å². The van der Waals surface area contributed by atoms with Crippen LogP contribution in [0.5, 0.6) is 0 Å². The Balaban J connectivity index is 2.58. The van der Waals surface area contributed by atoms with Crippen molar-refractivity contribution in [3.63, 3.8) is 0 Å². The minimum absolute atomic E-state index is 0.317. The molecule has 9 heteroatoms. The van der Waals surface area contributed by atoms with Gasteiger partial charge in [0, 0.05) is 17.9 Å². The number of hydrogen-bond donors (Lipinski definition) is 1. The minimum Gasteiger partial charge on any atom is -0.382 e. The van der Waals surface area contributed by atoms with Crippen molar-refractivity contribution in [3.8, 4) is 0 Å². The molecule has 1 aromatic heterocycles. The molecule has 0 amide bonds. The van der Waals surface area contributed by atoms with Crippen molar-refractivity contribution in [2.45, 2.75) is 24.3 Å². The summed E-state index contributed by atoms with van der Waals surface area (Å²) in [5.41, 5.74) is -2.44. The van der Waals surface area contributed by atoms with E-state index >= 15 is 0 Å². The second-order valence-corrected chi connectivity index (χ2v) is 7.48. The van der Waals surface area contributed by atoms with E-state index in [4.69, 9.17) is 0 Å². The molecule has 2 atom stereocenters. The molecule has 22 heavy (non-hydrogen) atoms. The van der Waals surface area contributed by atoms with Crippen LogP contribution < -0.4 is 0 Å². The number of sulfone groups is 1. The number of aromatic nitrogens is 3. The fourth-order valence-corrected chi connectivity index (χ4v) is 3.10. The van der Waals surface area contributed by atoms with Crippen LogP contribution in [0.4, 0.5) is 8.78 Å². The van der Waals surface area contributed by atoms with E-state index in [0.717, 1.165) is 18.4 Å². The van der Waals surface area contributed by atoms with Crippen LogP contribution in [0.3, 0.4) is 0 Å². The van der Waals surface area contributed by atoms with Crippen LogP contribution in [-0.2, 0) is 22.0 Å². The maximum absolute atomic E-state index is 14.1. The summed E-state index contributed by atoms with van der Waals surface area (Å²) in [6.45, 7) is 0.916. The lowest BCUT2D eigenvalue weighted by atomic mass is 9.90. The Morgan fingerprint density at radius 2 is 2.09 bits per heavy atom. The molecule has 0 unspecified atom stereocenters. The molecular formula is C13H15F2N3O3S. The molecule has 1 aromatic carbocycles. The topological polar surface area (TPSA) is 85.1 Å². The molecule has 2 aromatic rings. The van der Waals surface area contributed by atoms with Gasteiger partial charge in [-0.25, -0.2) is 26.9 Å². The Labute approximate surface area is 126 Å². The maximum atomic E-state index is 14.1. The number of halogens is 2. The van der Waals surface area contributed by atoms with E-state index in [1.165, 1.54) is 24.3 Å². The van der Waals surface area contributed by atoms with Crippen molar-refractivity contribution in [3.05, 3.63) is 48.1 Å². The Hall–Kier alpha value is -1.87. The van der Waals surface area contributed by atoms with Crippen molar-refractivity contribution in [1.29, 1.82) is 0 Å². The van der Waals surface area contributed by atoms with Gasteiger partial charge in [-0.15, -0.1) is 0 Å². The summed E-state index contributed by atoms with van der Waals surface area (Å²) in [6, 6.07) is 2.58. The summed E-state index contributed by atoms with van der Waals surface area (Å²) in [7, 11) is -3.71. The molecule has 0 fully saturated rings. The Kier molecular flexibility index (Phi) is 4.30. The summed E-state index contributed by atoms with van der Waals surface area (Å²) < 4.78 is 52.1. The fraction of sp³-hybridized carbons (Fsp3) is 0.385. The summed E-state index contributed by atoms with van der Waals surface area (Å²) in [5.74, 6) is -1.85. The van der Waals surface area contributed by atoms with Gasteiger partial charge in [0.2, 0.25) is 0 Å². The highest BCUT2D eigenvalue weighted by atomic mass is 32.2. The standard InChI is InChI=1S/C13H15F2N3O3S/c1-9(22(2,20)21)13(19,6-18-8-16-7-17-18)11-4-3-10(14)5-12(11)15/h3-5,7-9,19H,6H2,1-2H3/t9-,13-/m1/s1. The molecule has 0 aliphatic rings. The zero-order chi connectivity index (χ0) is 16.5. The van der Waals surface area contributed by atoms with Crippen LogP contribution in [0, 0.1) is 11.6 Å². The van der Waals surface area contributed by atoms with Gasteiger partial charge in [-0.2, -0.15) is 5.10 Å². The number of rotatable bonds is 5. The van der Waals surface area contributed by atoms with Crippen LogP contribution in [0.15, 0.2) is 30.9 Å². The molecule has 6 nitrogen and oxygen atoms in total. The van der Waals surface area contributed by atoms with Gasteiger partial charge in [-0.1, -0.05) is 6.07 Å². The van der Waals surface area contributed by atoms with Crippen molar-refractivity contribution in [2.24, 2.45) is 0 Å². The first kappa shape index (κ1) is 16.5. The molecule has 0 spiro atoms. The average Bonchev–Trinajstić information content (AvgIpc) is 2.89. The minimum atomic E-state index is -3.71. The maximum Gasteiger partial charge on any atom is 0.153 e. The van der Waals surface area contributed by atoms with Gasteiger partial charge in [0.15, 0.2) is 9.84 Å². The first-order chi connectivity index (χ1) is 10.1. The third kappa shape index (κ3) is 3.14. The van der Waals surface area contributed by atoms with Crippen molar-refractivity contribution in [1.82, 2.24) is 14.8 Å². The molecular weight excluding hydrogens is 316 g/mol. The number of hydrogen-bond acceptors (Lipinski definition) is 5. The van der Waals surface area contributed by atoms with Crippen LogP contribution in [-0.4, -0.2) is 39.8 Å². The molecule has 1 heterocycles. The molecule has 0 aliphatic carbocycles. The van der Waals surface area contributed by atoms with Gasteiger partial charge in [0.05, 0.1) is 11.8 Å². The molecule has 0 saturated heterocycles. The van der Waals surface area contributed by atoms with Crippen molar-refractivity contribution >= 4 is 9.84 Å².